The van der Waals surface area contributed by atoms with Gasteiger partial charge >= 0.3 is 0 Å². The second-order valence-electron chi connectivity index (χ2n) is 5.02. The van der Waals surface area contributed by atoms with E-state index < -0.39 is 0 Å². The van der Waals surface area contributed by atoms with Crippen molar-refractivity contribution < 1.29 is 4.74 Å². The van der Waals surface area contributed by atoms with Crippen molar-refractivity contribution in [1.29, 1.82) is 0 Å². The van der Waals surface area contributed by atoms with Crippen molar-refractivity contribution in [3.8, 4) is 0 Å². The van der Waals surface area contributed by atoms with Crippen molar-refractivity contribution in [1.82, 2.24) is 0 Å². The van der Waals surface area contributed by atoms with Gasteiger partial charge in [-0.2, -0.15) is 0 Å². The molecule has 0 unspecified atom stereocenters. The molecule has 0 spiro atoms. The summed E-state index contributed by atoms with van der Waals surface area (Å²) in [6.45, 7) is 7.45. The molecular weight excluding hydrogens is 280 g/mol. The summed E-state index contributed by atoms with van der Waals surface area (Å²) in [4.78, 5) is 2.36. The highest BCUT2D eigenvalue weighted by Gasteiger charge is 2.28. The highest BCUT2D eigenvalue weighted by molar-refractivity contribution is 9.10. The maximum Gasteiger partial charge on any atom is 0.0801 e. The van der Waals surface area contributed by atoms with Gasteiger partial charge in [0.15, 0.2) is 0 Å². The zero-order chi connectivity index (χ0) is 12.5. The van der Waals surface area contributed by atoms with Crippen LogP contribution in [-0.4, -0.2) is 25.3 Å². The Kier molecular flexibility index (Phi) is 3.76. The molecule has 3 nitrogen and oxygen atoms in total. The predicted octanol–water partition coefficient (Wildman–Crippen LogP) is 2.52. The number of morpholine rings is 1. The van der Waals surface area contributed by atoms with Gasteiger partial charge in [0.2, 0.25) is 0 Å². The minimum atomic E-state index is -0.0791. The number of anilines is 1. The first-order valence-corrected chi connectivity index (χ1v) is 6.68. The van der Waals surface area contributed by atoms with Crippen molar-refractivity contribution >= 4 is 21.6 Å². The van der Waals surface area contributed by atoms with E-state index in [0.29, 0.717) is 6.54 Å². The average molecular weight is 299 g/mol. The van der Waals surface area contributed by atoms with E-state index in [-0.39, 0.29) is 5.60 Å². The Morgan fingerprint density at radius 1 is 1.47 bits per heavy atom. The van der Waals surface area contributed by atoms with Gasteiger partial charge in [0.1, 0.15) is 0 Å². The molecule has 94 valence electrons. The Balaban J connectivity index is 2.22. The van der Waals surface area contributed by atoms with Crippen LogP contribution in [0.4, 0.5) is 5.69 Å². The fourth-order valence-electron chi connectivity index (χ4n) is 2.16. The molecule has 0 aromatic heterocycles. The Hall–Kier alpha value is -0.580. The number of hydrogen-bond acceptors (Lipinski definition) is 3. The largest absolute Gasteiger partial charge is 0.372 e. The van der Waals surface area contributed by atoms with Gasteiger partial charge < -0.3 is 15.4 Å². The SMILES string of the molecule is CC1(C)CN(c2ccc(CN)cc2Br)CCO1. The summed E-state index contributed by atoms with van der Waals surface area (Å²) in [7, 11) is 0. The van der Waals surface area contributed by atoms with E-state index in [1.54, 1.807) is 0 Å². The van der Waals surface area contributed by atoms with Crippen LogP contribution in [0.25, 0.3) is 0 Å². The van der Waals surface area contributed by atoms with Crippen LogP contribution in [0.2, 0.25) is 0 Å². The summed E-state index contributed by atoms with van der Waals surface area (Å²) >= 11 is 3.62. The lowest BCUT2D eigenvalue weighted by Crippen LogP contribution is -2.48. The lowest BCUT2D eigenvalue weighted by Gasteiger charge is -2.39. The Morgan fingerprint density at radius 2 is 2.24 bits per heavy atom. The topological polar surface area (TPSA) is 38.5 Å². The van der Waals surface area contributed by atoms with E-state index in [1.807, 2.05) is 0 Å². The summed E-state index contributed by atoms with van der Waals surface area (Å²) < 4.78 is 6.83. The molecule has 2 rings (SSSR count). The third-order valence-electron chi connectivity index (χ3n) is 3.01. The first-order valence-electron chi connectivity index (χ1n) is 5.89. The third-order valence-corrected chi connectivity index (χ3v) is 3.65. The highest BCUT2D eigenvalue weighted by atomic mass is 79.9. The number of rotatable bonds is 2. The van der Waals surface area contributed by atoms with Crippen molar-refractivity contribution in [3.05, 3.63) is 28.2 Å². The molecule has 1 saturated heterocycles. The number of benzene rings is 1. The van der Waals surface area contributed by atoms with E-state index in [4.69, 9.17) is 10.5 Å². The standard InChI is InChI=1S/C13H19BrN2O/c1-13(2)9-16(5-6-17-13)12-4-3-10(8-15)7-11(12)14/h3-4,7H,5-6,8-9,15H2,1-2H3. The number of nitrogens with zero attached hydrogens (tertiary/aromatic N) is 1. The van der Waals surface area contributed by atoms with Crippen LogP contribution in [0, 0.1) is 0 Å². The molecule has 0 radical (unpaired) electrons. The van der Waals surface area contributed by atoms with Gasteiger partial charge in [-0.3, -0.25) is 0 Å². The zero-order valence-corrected chi connectivity index (χ0v) is 12.0. The van der Waals surface area contributed by atoms with E-state index in [2.05, 4.69) is 52.9 Å². The maximum atomic E-state index is 5.72. The van der Waals surface area contributed by atoms with Crippen LogP contribution >= 0.6 is 15.9 Å². The van der Waals surface area contributed by atoms with Gasteiger partial charge in [-0.25, -0.2) is 0 Å². The molecule has 1 aliphatic heterocycles. The van der Waals surface area contributed by atoms with Crippen LogP contribution in [0.15, 0.2) is 22.7 Å². The first kappa shape index (κ1) is 12.9. The first-order chi connectivity index (χ1) is 8.02. The Labute approximate surface area is 111 Å². The Morgan fingerprint density at radius 3 is 2.82 bits per heavy atom. The second-order valence-corrected chi connectivity index (χ2v) is 5.87. The molecule has 0 saturated carbocycles. The number of nitrogens with two attached hydrogens (primary N) is 1. The molecule has 0 aliphatic carbocycles. The average Bonchev–Trinajstić information content (AvgIpc) is 2.27. The summed E-state index contributed by atoms with van der Waals surface area (Å²) in [6, 6.07) is 6.31. The van der Waals surface area contributed by atoms with Crippen LogP contribution in [0.3, 0.4) is 0 Å². The smallest absolute Gasteiger partial charge is 0.0801 e. The summed E-state index contributed by atoms with van der Waals surface area (Å²) in [5.41, 5.74) is 7.92. The molecule has 0 atom stereocenters. The van der Waals surface area contributed by atoms with Crippen LogP contribution in [0.1, 0.15) is 19.4 Å². The fraction of sp³-hybridized carbons (Fsp3) is 0.538. The van der Waals surface area contributed by atoms with Gasteiger partial charge in [-0.15, -0.1) is 0 Å². The molecule has 2 N–H and O–H groups in total. The number of hydrogen-bond donors (Lipinski definition) is 1. The molecule has 1 aromatic rings. The van der Waals surface area contributed by atoms with Gasteiger partial charge in [-0.05, 0) is 47.5 Å². The number of ether oxygens (including phenoxy) is 1. The van der Waals surface area contributed by atoms with Gasteiger partial charge in [-0.1, -0.05) is 6.07 Å². The molecule has 17 heavy (non-hydrogen) atoms. The van der Waals surface area contributed by atoms with E-state index in [1.165, 1.54) is 5.69 Å². The van der Waals surface area contributed by atoms with Crippen molar-refractivity contribution in [2.75, 3.05) is 24.6 Å². The van der Waals surface area contributed by atoms with Gasteiger partial charge in [0, 0.05) is 24.1 Å². The second kappa shape index (κ2) is 4.96. The Bertz CT molecular complexity index is 406. The summed E-state index contributed by atoms with van der Waals surface area (Å²) in [5, 5.41) is 0. The quantitative estimate of drug-likeness (QED) is 0.912. The number of halogens is 1. The summed E-state index contributed by atoms with van der Waals surface area (Å²) in [6.07, 6.45) is 0. The molecular formula is C13H19BrN2O. The zero-order valence-electron chi connectivity index (χ0n) is 10.4. The normalized spacial score (nSPS) is 19.4. The molecule has 1 aromatic carbocycles. The van der Waals surface area contributed by atoms with Crippen LogP contribution < -0.4 is 10.6 Å². The van der Waals surface area contributed by atoms with Crippen molar-refractivity contribution in [2.24, 2.45) is 5.73 Å². The molecule has 0 bridgehead atoms. The van der Waals surface area contributed by atoms with Crippen molar-refractivity contribution in [3.63, 3.8) is 0 Å². The van der Waals surface area contributed by atoms with E-state index in [9.17, 15) is 0 Å². The lowest BCUT2D eigenvalue weighted by atomic mass is 10.1. The third kappa shape index (κ3) is 3.00. The molecule has 1 fully saturated rings. The fourth-order valence-corrected chi connectivity index (χ4v) is 2.83. The van der Waals surface area contributed by atoms with Gasteiger partial charge in [0.25, 0.3) is 0 Å². The van der Waals surface area contributed by atoms with Gasteiger partial charge in [0.05, 0.1) is 17.9 Å². The van der Waals surface area contributed by atoms with Crippen LogP contribution in [-0.2, 0) is 11.3 Å². The van der Waals surface area contributed by atoms with Crippen LogP contribution in [0.5, 0.6) is 0 Å². The minimum Gasteiger partial charge on any atom is -0.372 e. The lowest BCUT2D eigenvalue weighted by molar-refractivity contribution is -0.0277. The molecule has 0 amide bonds. The van der Waals surface area contributed by atoms with Crippen molar-refractivity contribution in [2.45, 2.75) is 26.0 Å². The monoisotopic (exact) mass is 298 g/mol. The molecule has 1 aliphatic rings. The summed E-state index contributed by atoms with van der Waals surface area (Å²) in [5.74, 6) is 0. The predicted molar refractivity (Wildman–Crippen MR) is 74.3 cm³/mol. The highest BCUT2D eigenvalue weighted by Crippen LogP contribution is 2.30. The minimum absolute atomic E-state index is 0.0791. The van der Waals surface area contributed by atoms with E-state index in [0.717, 1.165) is 29.7 Å². The molecule has 1 heterocycles. The maximum absolute atomic E-state index is 5.72. The van der Waals surface area contributed by atoms with E-state index >= 15 is 0 Å². The molecule has 4 heteroatoms.